The predicted octanol–water partition coefficient (Wildman–Crippen LogP) is 7.25. The number of carboxylic acids is 1. The maximum absolute atomic E-state index is 11.0. The lowest BCUT2D eigenvalue weighted by Crippen LogP contribution is -2.25. The molecule has 0 radical (unpaired) electrons. The summed E-state index contributed by atoms with van der Waals surface area (Å²) in [5.74, 6) is -0.990. The second kappa shape index (κ2) is 16.4. The van der Waals surface area contributed by atoms with E-state index in [-0.39, 0.29) is 0 Å². The van der Waals surface area contributed by atoms with Crippen molar-refractivity contribution in [3.63, 3.8) is 0 Å². The van der Waals surface area contributed by atoms with Gasteiger partial charge in [-0.25, -0.2) is 0 Å². The Balaban J connectivity index is 3.24. The Hall–Kier alpha value is -1.04. The number of nitriles is 1. The van der Waals surface area contributed by atoms with Crippen molar-refractivity contribution in [3.05, 3.63) is 0 Å². The molecule has 146 valence electrons. The first-order chi connectivity index (χ1) is 12.1. The number of unbranched alkanes of at least 4 members (excludes halogenated alkanes) is 15. The van der Waals surface area contributed by atoms with Crippen LogP contribution < -0.4 is 0 Å². The van der Waals surface area contributed by atoms with E-state index in [1.807, 2.05) is 6.07 Å². The predicted molar refractivity (Wildman–Crippen MR) is 106 cm³/mol. The Bertz CT molecular complexity index is 362. The van der Waals surface area contributed by atoms with Gasteiger partial charge in [0.05, 0.1) is 6.07 Å². The lowest BCUT2D eigenvalue weighted by atomic mass is 9.86. The fraction of sp³-hybridized carbons (Fsp3) is 0.909. The Morgan fingerprint density at radius 1 is 0.760 bits per heavy atom. The molecule has 0 bridgehead atoms. The minimum Gasteiger partial charge on any atom is -0.480 e. The average Bonchev–Trinajstić information content (AvgIpc) is 2.61. The first kappa shape index (κ1) is 24.0. The van der Waals surface area contributed by atoms with Gasteiger partial charge in [-0.3, -0.25) is 4.79 Å². The van der Waals surface area contributed by atoms with Crippen molar-refractivity contribution in [2.24, 2.45) is 5.41 Å². The van der Waals surface area contributed by atoms with Crippen molar-refractivity contribution in [3.8, 4) is 6.07 Å². The fourth-order valence-corrected chi connectivity index (χ4v) is 3.24. The maximum Gasteiger partial charge on any atom is 0.323 e. The molecule has 0 amide bonds. The molecule has 1 N–H and O–H groups in total. The molecule has 0 rings (SSSR count). The van der Waals surface area contributed by atoms with Gasteiger partial charge in [0, 0.05) is 0 Å². The molecule has 0 aliphatic heterocycles. The van der Waals surface area contributed by atoms with Crippen molar-refractivity contribution in [2.75, 3.05) is 0 Å². The summed E-state index contributed by atoms with van der Waals surface area (Å²) in [7, 11) is 0. The van der Waals surface area contributed by atoms with E-state index in [0.717, 1.165) is 12.8 Å². The zero-order valence-electron chi connectivity index (χ0n) is 16.8. The molecule has 0 aliphatic carbocycles. The van der Waals surface area contributed by atoms with Crippen molar-refractivity contribution >= 4 is 5.97 Å². The Kier molecular flexibility index (Phi) is 15.7. The van der Waals surface area contributed by atoms with Crippen LogP contribution in [-0.4, -0.2) is 11.1 Å². The van der Waals surface area contributed by atoms with Crippen LogP contribution in [0.15, 0.2) is 0 Å². The Labute approximate surface area is 156 Å². The largest absolute Gasteiger partial charge is 0.480 e. The van der Waals surface area contributed by atoms with Crippen LogP contribution in [0.1, 0.15) is 123 Å². The third-order valence-corrected chi connectivity index (χ3v) is 5.25. The van der Waals surface area contributed by atoms with E-state index in [0.29, 0.717) is 6.42 Å². The monoisotopic (exact) mass is 351 g/mol. The minimum atomic E-state index is -1.20. The Morgan fingerprint density at radius 2 is 1.08 bits per heavy atom. The quantitative estimate of drug-likeness (QED) is 0.264. The van der Waals surface area contributed by atoms with E-state index in [1.54, 1.807) is 0 Å². The minimum absolute atomic E-state index is 0.470. The number of carboxylic acid groups (broad SMARTS) is 1. The lowest BCUT2D eigenvalue weighted by molar-refractivity contribution is -0.145. The third-order valence-electron chi connectivity index (χ3n) is 5.25. The molecule has 25 heavy (non-hydrogen) atoms. The number of nitrogens with zero attached hydrogens (tertiary/aromatic N) is 1. The van der Waals surface area contributed by atoms with Crippen LogP contribution in [0.25, 0.3) is 0 Å². The van der Waals surface area contributed by atoms with E-state index >= 15 is 0 Å². The normalized spacial score (nSPS) is 13.3. The highest BCUT2D eigenvalue weighted by molar-refractivity contribution is 5.77. The molecule has 0 aromatic heterocycles. The smallest absolute Gasteiger partial charge is 0.323 e. The van der Waals surface area contributed by atoms with Crippen molar-refractivity contribution in [1.29, 1.82) is 5.26 Å². The second-order valence-corrected chi connectivity index (χ2v) is 7.80. The molecular weight excluding hydrogens is 310 g/mol. The second-order valence-electron chi connectivity index (χ2n) is 7.80. The standard InChI is InChI=1S/C22H41NO2/c1-3-4-5-6-7-8-9-10-11-12-13-14-15-16-17-18-19-22(2,20-23)21(24)25/h3-19H2,1-2H3,(H,24,25). The number of carbonyl (C=O) groups is 1. The number of aliphatic carboxylic acids is 1. The van der Waals surface area contributed by atoms with E-state index in [2.05, 4.69) is 6.92 Å². The van der Waals surface area contributed by atoms with Crippen LogP contribution in [0.5, 0.6) is 0 Å². The summed E-state index contributed by atoms with van der Waals surface area (Å²) in [4.78, 5) is 11.0. The van der Waals surface area contributed by atoms with Gasteiger partial charge in [0.2, 0.25) is 0 Å². The molecule has 0 aromatic rings. The molecule has 1 unspecified atom stereocenters. The zero-order valence-corrected chi connectivity index (χ0v) is 16.8. The van der Waals surface area contributed by atoms with Gasteiger partial charge in [-0.15, -0.1) is 0 Å². The van der Waals surface area contributed by atoms with E-state index in [4.69, 9.17) is 10.4 Å². The van der Waals surface area contributed by atoms with Crippen LogP contribution in [0.2, 0.25) is 0 Å². The molecule has 0 spiro atoms. The highest BCUT2D eigenvalue weighted by atomic mass is 16.4. The summed E-state index contributed by atoms with van der Waals surface area (Å²) in [5.41, 5.74) is -1.20. The summed E-state index contributed by atoms with van der Waals surface area (Å²) >= 11 is 0. The summed E-state index contributed by atoms with van der Waals surface area (Å²) in [6.07, 6.45) is 21.4. The highest BCUT2D eigenvalue weighted by Gasteiger charge is 2.32. The van der Waals surface area contributed by atoms with Gasteiger partial charge < -0.3 is 5.11 Å². The summed E-state index contributed by atoms with van der Waals surface area (Å²) in [6.45, 7) is 3.80. The molecule has 3 nitrogen and oxygen atoms in total. The van der Waals surface area contributed by atoms with Gasteiger partial charge in [0.1, 0.15) is 0 Å². The molecule has 0 aromatic carbocycles. The van der Waals surface area contributed by atoms with Gasteiger partial charge in [0.25, 0.3) is 0 Å². The molecule has 0 saturated carbocycles. The van der Waals surface area contributed by atoms with E-state index < -0.39 is 11.4 Å². The molecule has 0 saturated heterocycles. The van der Waals surface area contributed by atoms with Crippen LogP contribution in [0, 0.1) is 16.7 Å². The van der Waals surface area contributed by atoms with Crippen LogP contribution >= 0.6 is 0 Å². The van der Waals surface area contributed by atoms with Crippen LogP contribution in [-0.2, 0) is 4.79 Å². The molecule has 0 aliphatic rings. The van der Waals surface area contributed by atoms with Gasteiger partial charge in [-0.05, 0) is 13.3 Å². The van der Waals surface area contributed by atoms with Gasteiger partial charge in [-0.1, -0.05) is 110 Å². The molecule has 0 fully saturated rings. The summed E-state index contributed by atoms with van der Waals surface area (Å²) in [6, 6.07) is 1.93. The Morgan fingerprint density at radius 3 is 1.36 bits per heavy atom. The van der Waals surface area contributed by atoms with Crippen molar-refractivity contribution < 1.29 is 9.90 Å². The first-order valence-electron chi connectivity index (χ1n) is 10.7. The average molecular weight is 352 g/mol. The highest BCUT2D eigenvalue weighted by Crippen LogP contribution is 2.24. The molecular formula is C22H41NO2. The number of rotatable bonds is 18. The topological polar surface area (TPSA) is 61.1 Å². The molecule has 1 atom stereocenters. The van der Waals surface area contributed by atoms with Gasteiger partial charge in [0.15, 0.2) is 5.41 Å². The van der Waals surface area contributed by atoms with Crippen LogP contribution in [0.4, 0.5) is 0 Å². The van der Waals surface area contributed by atoms with Gasteiger partial charge >= 0.3 is 5.97 Å². The SMILES string of the molecule is CCCCCCCCCCCCCCCCCCC(C)(C#N)C(=O)O. The first-order valence-corrected chi connectivity index (χ1v) is 10.7. The van der Waals surface area contributed by atoms with Crippen molar-refractivity contribution in [2.45, 2.75) is 123 Å². The zero-order chi connectivity index (χ0) is 18.8. The van der Waals surface area contributed by atoms with Gasteiger partial charge in [-0.2, -0.15) is 5.26 Å². The van der Waals surface area contributed by atoms with E-state index in [1.165, 1.54) is 96.8 Å². The third kappa shape index (κ3) is 13.9. The molecule has 3 heteroatoms. The fourth-order valence-electron chi connectivity index (χ4n) is 3.24. The lowest BCUT2D eigenvalue weighted by Gasteiger charge is -2.15. The van der Waals surface area contributed by atoms with Crippen molar-refractivity contribution in [1.82, 2.24) is 0 Å². The summed E-state index contributed by atoms with van der Waals surface area (Å²) in [5, 5.41) is 18.0. The maximum atomic E-state index is 11.0. The summed E-state index contributed by atoms with van der Waals surface area (Å²) < 4.78 is 0. The van der Waals surface area contributed by atoms with Crippen LogP contribution in [0.3, 0.4) is 0 Å². The van der Waals surface area contributed by atoms with E-state index in [9.17, 15) is 4.79 Å². The molecule has 0 heterocycles. The number of hydrogen-bond donors (Lipinski definition) is 1. The number of hydrogen-bond acceptors (Lipinski definition) is 2.